The molecule has 0 saturated heterocycles. The van der Waals surface area contributed by atoms with Crippen LogP contribution in [0.3, 0.4) is 0 Å². The van der Waals surface area contributed by atoms with Crippen LogP contribution in [0.25, 0.3) is 0 Å². The van der Waals surface area contributed by atoms with Gasteiger partial charge in [-0.3, -0.25) is 0 Å². The molecule has 0 aliphatic carbocycles. The van der Waals surface area contributed by atoms with Gasteiger partial charge in [-0.25, -0.2) is 8.42 Å². The maximum Gasteiger partial charge on any atom is 0.147 e. The molecule has 0 aliphatic rings. The average molecular weight is 313 g/mol. The third-order valence-corrected chi connectivity index (χ3v) is 4.37. The molecule has 1 rings (SSSR count). The van der Waals surface area contributed by atoms with Gasteiger partial charge in [0.1, 0.15) is 15.6 Å². The topological polar surface area (TPSA) is 55.4 Å². The zero-order valence-corrected chi connectivity index (χ0v) is 14.2. The average Bonchev–Trinajstić information content (AvgIpc) is 2.41. The van der Waals surface area contributed by atoms with E-state index in [-0.39, 0.29) is 5.75 Å². The van der Waals surface area contributed by atoms with Crippen molar-refractivity contribution in [3.8, 4) is 5.75 Å². The number of benzene rings is 1. The van der Waals surface area contributed by atoms with E-state index in [4.69, 9.17) is 4.74 Å². The standard InChI is InChI=1S/C16H27NO3S/c1-13(2)17-12-15(9-10-21(4,18)19)11-14-5-7-16(20-3)8-6-14/h5-8,13,15,17H,9-12H2,1-4H3. The molecule has 0 saturated carbocycles. The smallest absolute Gasteiger partial charge is 0.147 e. The Hall–Kier alpha value is -1.07. The van der Waals surface area contributed by atoms with Gasteiger partial charge in [0.25, 0.3) is 0 Å². The summed E-state index contributed by atoms with van der Waals surface area (Å²) in [5.41, 5.74) is 1.21. The van der Waals surface area contributed by atoms with Crippen LogP contribution in [0.5, 0.6) is 5.75 Å². The molecule has 0 heterocycles. The predicted molar refractivity (Wildman–Crippen MR) is 87.7 cm³/mol. The molecule has 0 spiro atoms. The fraction of sp³-hybridized carbons (Fsp3) is 0.625. The highest BCUT2D eigenvalue weighted by Crippen LogP contribution is 2.17. The van der Waals surface area contributed by atoms with Crippen LogP contribution in [-0.2, 0) is 16.3 Å². The van der Waals surface area contributed by atoms with Crippen LogP contribution in [0.15, 0.2) is 24.3 Å². The zero-order chi connectivity index (χ0) is 15.9. The van der Waals surface area contributed by atoms with E-state index in [0.717, 1.165) is 18.7 Å². The van der Waals surface area contributed by atoms with E-state index >= 15 is 0 Å². The highest BCUT2D eigenvalue weighted by atomic mass is 32.2. The second-order valence-electron chi connectivity index (χ2n) is 5.90. The third-order valence-electron chi connectivity index (χ3n) is 3.40. The van der Waals surface area contributed by atoms with E-state index < -0.39 is 9.84 Å². The quantitative estimate of drug-likeness (QED) is 0.760. The minimum atomic E-state index is -2.91. The molecule has 0 aliphatic heterocycles. The number of rotatable bonds is 9. The first-order chi connectivity index (χ1) is 9.80. The Morgan fingerprint density at radius 1 is 1.19 bits per heavy atom. The molecule has 21 heavy (non-hydrogen) atoms. The molecule has 1 aromatic carbocycles. The van der Waals surface area contributed by atoms with Gasteiger partial charge in [-0.15, -0.1) is 0 Å². The van der Waals surface area contributed by atoms with Crippen molar-refractivity contribution in [1.82, 2.24) is 5.32 Å². The lowest BCUT2D eigenvalue weighted by Gasteiger charge is -2.19. The minimum Gasteiger partial charge on any atom is -0.497 e. The van der Waals surface area contributed by atoms with Gasteiger partial charge in [-0.2, -0.15) is 0 Å². The summed E-state index contributed by atoms with van der Waals surface area (Å²) in [7, 11) is -1.26. The number of nitrogens with one attached hydrogen (secondary N) is 1. The van der Waals surface area contributed by atoms with Gasteiger partial charge >= 0.3 is 0 Å². The second kappa shape index (κ2) is 8.39. The van der Waals surface area contributed by atoms with Crippen LogP contribution in [-0.4, -0.2) is 40.1 Å². The zero-order valence-electron chi connectivity index (χ0n) is 13.4. The molecule has 0 radical (unpaired) electrons. The van der Waals surface area contributed by atoms with E-state index in [1.807, 2.05) is 24.3 Å². The van der Waals surface area contributed by atoms with Crippen molar-refractivity contribution in [2.75, 3.05) is 25.7 Å². The number of ether oxygens (including phenoxy) is 1. The van der Waals surface area contributed by atoms with Gasteiger partial charge in [0.15, 0.2) is 0 Å². The molecule has 4 nitrogen and oxygen atoms in total. The highest BCUT2D eigenvalue weighted by molar-refractivity contribution is 7.90. The summed E-state index contributed by atoms with van der Waals surface area (Å²) in [6.45, 7) is 5.03. The Morgan fingerprint density at radius 3 is 2.29 bits per heavy atom. The fourth-order valence-corrected chi connectivity index (χ4v) is 2.92. The Labute approximate surface area is 128 Å². The Morgan fingerprint density at radius 2 is 1.81 bits per heavy atom. The van der Waals surface area contributed by atoms with E-state index in [9.17, 15) is 8.42 Å². The molecular formula is C16H27NO3S. The van der Waals surface area contributed by atoms with E-state index in [1.54, 1.807) is 7.11 Å². The van der Waals surface area contributed by atoms with Crippen molar-refractivity contribution in [2.24, 2.45) is 5.92 Å². The predicted octanol–water partition coefficient (Wildman–Crippen LogP) is 2.29. The van der Waals surface area contributed by atoms with Crippen LogP contribution < -0.4 is 10.1 Å². The molecular weight excluding hydrogens is 286 g/mol. The summed E-state index contributed by atoms with van der Waals surface area (Å²) in [5.74, 6) is 1.40. The number of hydrogen-bond donors (Lipinski definition) is 1. The van der Waals surface area contributed by atoms with Crippen LogP contribution >= 0.6 is 0 Å². The van der Waals surface area contributed by atoms with Crippen molar-refractivity contribution >= 4 is 9.84 Å². The van der Waals surface area contributed by atoms with Crippen molar-refractivity contribution in [3.63, 3.8) is 0 Å². The lowest BCUT2D eigenvalue weighted by Crippen LogP contribution is -2.31. The van der Waals surface area contributed by atoms with Crippen LogP contribution in [0.2, 0.25) is 0 Å². The molecule has 1 atom stereocenters. The maximum atomic E-state index is 11.4. The summed E-state index contributed by atoms with van der Waals surface area (Å²) in [6, 6.07) is 8.38. The molecule has 1 unspecified atom stereocenters. The van der Waals surface area contributed by atoms with Crippen molar-refractivity contribution in [2.45, 2.75) is 32.7 Å². The lowest BCUT2D eigenvalue weighted by molar-refractivity contribution is 0.413. The number of sulfone groups is 1. The first kappa shape index (κ1) is 18.0. The second-order valence-corrected chi connectivity index (χ2v) is 8.16. The molecule has 0 bridgehead atoms. The summed E-state index contributed by atoms with van der Waals surface area (Å²) >= 11 is 0. The third kappa shape index (κ3) is 8.07. The monoisotopic (exact) mass is 313 g/mol. The first-order valence-corrected chi connectivity index (χ1v) is 9.40. The molecule has 0 fully saturated rings. The maximum absolute atomic E-state index is 11.4. The summed E-state index contributed by atoms with van der Waals surface area (Å²) in [6.07, 6.45) is 2.86. The van der Waals surface area contributed by atoms with Crippen LogP contribution in [0.4, 0.5) is 0 Å². The minimum absolute atomic E-state index is 0.244. The summed E-state index contributed by atoms with van der Waals surface area (Å²) < 4.78 is 27.9. The molecule has 120 valence electrons. The lowest BCUT2D eigenvalue weighted by atomic mass is 9.96. The molecule has 0 aromatic heterocycles. The van der Waals surface area contributed by atoms with Gasteiger partial charge < -0.3 is 10.1 Å². The van der Waals surface area contributed by atoms with Crippen molar-refractivity contribution in [1.29, 1.82) is 0 Å². The van der Waals surface area contributed by atoms with Crippen molar-refractivity contribution < 1.29 is 13.2 Å². The van der Waals surface area contributed by atoms with Gasteiger partial charge in [0.05, 0.1) is 12.9 Å². The van der Waals surface area contributed by atoms with E-state index in [2.05, 4.69) is 19.2 Å². The van der Waals surface area contributed by atoms with Crippen molar-refractivity contribution in [3.05, 3.63) is 29.8 Å². The SMILES string of the molecule is COc1ccc(CC(CCS(C)(=O)=O)CNC(C)C)cc1. The Bertz CT molecular complexity index is 509. The highest BCUT2D eigenvalue weighted by Gasteiger charge is 2.14. The van der Waals surface area contributed by atoms with Gasteiger partial charge in [-0.05, 0) is 43.0 Å². The number of methoxy groups -OCH3 is 1. The molecule has 5 heteroatoms. The van der Waals surface area contributed by atoms with Gasteiger partial charge in [0, 0.05) is 12.3 Å². The molecule has 1 N–H and O–H groups in total. The summed E-state index contributed by atoms with van der Waals surface area (Å²) in [5, 5.41) is 3.41. The Kier molecular flexibility index (Phi) is 7.18. The van der Waals surface area contributed by atoms with E-state index in [1.165, 1.54) is 11.8 Å². The van der Waals surface area contributed by atoms with Gasteiger partial charge in [0.2, 0.25) is 0 Å². The molecule has 1 aromatic rings. The molecule has 0 amide bonds. The Balaban J connectivity index is 2.65. The van der Waals surface area contributed by atoms with E-state index in [0.29, 0.717) is 18.4 Å². The van der Waals surface area contributed by atoms with Crippen LogP contribution in [0.1, 0.15) is 25.8 Å². The first-order valence-electron chi connectivity index (χ1n) is 7.34. The van der Waals surface area contributed by atoms with Crippen LogP contribution in [0, 0.1) is 5.92 Å². The number of hydrogen-bond acceptors (Lipinski definition) is 4. The normalized spacial score (nSPS) is 13.4. The summed E-state index contributed by atoms with van der Waals surface area (Å²) in [4.78, 5) is 0. The fourth-order valence-electron chi connectivity index (χ4n) is 2.15. The largest absolute Gasteiger partial charge is 0.497 e. The van der Waals surface area contributed by atoms with Gasteiger partial charge in [-0.1, -0.05) is 26.0 Å².